The summed E-state index contributed by atoms with van der Waals surface area (Å²) >= 11 is 0. The van der Waals surface area contributed by atoms with Crippen LogP contribution in [0.25, 0.3) is 22.7 Å². The van der Waals surface area contributed by atoms with Gasteiger partial charge in [-0.3, -0.25) is 0 Å². The fourth-order valence-corrected chi connectivity index (χ4v) is 3.65. The number of imidazole rings is 2. The molecular weight excluding hydrogens is 302 g/mol. The van der Waals surface area contributed by atoms with Gasteiger partial charge in [0.05, 0.1) is 17.6 Å². The van der Waals surface area contributed by atoms with Crippen LogP contribution in [0.4, 0.5) is 0 Å². The maximum atomic E-state index is 9.38. The van der Waals surface area contributed by atoms with Gasteiger partial charge in [0.15, 0.2) is 11.6 Å². The van der Waals surface area contributed by atoms with Gasteiger partial charge in [0.1, 0.15) is 0 Å². The second kappa shape index (κ2) is 6.03. The van der Waals surface area contributed by atoms with Gasteiger partial charge < -0.3 is 19.6 Å². The average Bonchev–Trinajstić information content (AvgIpc) is 3.30. The lowest BCUT2D eigenvalue weighted by Gasteiger charge is -2.17. The van der Waals surface area contributed by atoms with Gasteiger partial charge in [-0.05, 0) is 32.4 Å². The van der Waals surface area contributed by atoms with Crippen LogP contribution >= 0.6 is 0 Å². The largest absolute Gasteiger partial charge is 0.395 e. The predicted octanol–water partition coefficient (Wildman–Crippen LogP) is 2.38. The summed E-state index contributed by atoms with van der Waals surface area (Å²) in [5.41, 5.74) is 2.13. The second-order valence-electron chi connectivity index (χ2n) is 6.72. The molecule has 4 rings (SSSR count). The summed E-state index contributed by atoms with van der Waals surface area (Å²) in [6.07, 6.45) is 4.76. The summed E-state index contributed by atoms with van der Waals surface area (Å²) in [5, 5.41) is 12.7. The molecule has 2 N–H and O–H groups in total. The smallest absolute Gasteiger partial charge is 0.177 e. The molecule has 2 aromatic heterocycles. The molecule has 0 spiro atoms. The third-order valence-corrected chi connectivity index (χ3v) is 4.79. The monoisotopic (exact) mass is 325 g/mol. The van der Waals surface area contributed by atoms with Gasteiger partial charge >= 0.3 is 0 Å². The Morgan fingerprint density at radius 3 is 2.88 bits per heavy atom. The van der Waals surface area contributed by atoms with Gasteiger partial charge in [-0.15, -0.1) is 0 Å². The van der Waals surface area contributed by atoms with Crippen molar-refractivity contribution >= 4 is 11.0 Å². The Morgan fingerprint density at radius 2 is 2.12 bits per heavy atom. The zero-order valence-corrected chi connectivity index (χ0v) is 14.1. The van der Waals surface area contributed by atoms with E-state index in [-0.39, 0.29) is 12.6 Å². The number of aliphatic hydroxyl groups is 1. The van der Waals surface area contributed by atoms with Crippen LogP contribution in [-0.2, 0) is 0 Å². The van der Waals surface area contributed by atoms with Crippen molar-refractivity contribution in [2.45, 2.75) is 38.4 Å². The third kappa shape index (κ3) is 2.42. The van der Waals surface area contributed by atoms with E-state index in [1.54, 1.807) is 0 Å². The maximum Gasteiger partial charge on any atom is 0.177 e. The van der Waals surface area contributed by atoms with Gasteiger partial charge in [0.2, 0.25) is 0 Å². The topological polar surface area (TPSA) is 67.9 Å². The molecule has 126 valence electrons. The van der Waals surface area contributed by atoms with Crippen molar-refractivity contribution in [3.8, 4) is 11.6 Å². The number of nitrogens with zero attached hydrogens (tertiary/aromatic N) is 4. The fourth-order valence-electron chi connectivity index (χ4n) is 3.65. The Balaban J connectivity index is 1.82. The maximum absolute atomic E-state index is 9.38. The highest BCUT2D eigenvalue weighted by Gasteiger charge is 2.28. The van der Waals surface area contributed by atoms with E-state index in [0.717, 1.165) is 35.6 Å². The van der Waals surface area contributed by atoms with Crippen LogP contribution in [0, 0.1) is 0 Å². The minimum atomic E-state index is 0.161. The van der Waals surface area contributed by atoms with E-state index in [1.165, 1.54) is 0 Å². The van der Waals surface area contributed by atoms with Gasteiger partial charge in [0, 0.05) is 37.1 Å². The molecule has 0 amide bonds. The summed E-state index contributed by atoms with van der Waals surface area (Å²) < 4.78 is 4.45. The number of benzene rings is 1. The third-order valence-electron chi connectivity index (χ3n) is 4.79. The Labute approximate surface area is 141 Å². The van der Waals surface area contributed by atoms with Crippen molar-refractivity contribution < 1.29 is 5.11 Å². The number of nitrogens with one attached hydrogen (secondary N) is 1. The van der Waals surface area contributed by atoms with E-state index >= 15 is 0 Å². The summed E-state index contributed by atoms with van der Waals surface area (Å²) in [7, 11) is 0. The second-order valence-corrected chi connectivity index (χ2v) is 6.72. The Morgan fingerprint density at radius 1 is 1.29 bits per heavy atom. The fraction of sp³-hybridized carbons (Fsp3) is 0.444. The summed E-state index contributed by atoms with van der Waals surface area (Å²) in [5.74, 6) is 1.80. The molecule has 0 saturated carbocycles. The molecule has 1 aromatic carbocycles. The van der Waals surface area contributed by atoms with Crippen molar-refractivity contribution in [1.82, 2.24) is 24.4 Å². The Kier molecular flexibility index (Phi) is 3.86. The Hall–Kier alpha value is -2.18. The molecule has 6 heteroatoms. The molecule has 1 aliphatic heterocycles. The number of para-hydroxylation sites is 2. The van der Waals surface area contributed by atoms with Crippen LogP contribution in [0.1, 0.15) is 32.4 Å². The predicted molar refractivity (Wildman–Crippen MR) is 93.9 cm³/mol. The first kappa shape index (κ1) is 15.4. The van der Waals surface area contributed by atoms with E-state index in [1.807, 2.05) is 30.6 Å². The highest BCUT2D eigenvalue weighted by atomic mass is 16.3. The first-order chi connectivity index (χ1) is 11.7. The molecule has 6 nitrogen and oxygen atoms in total. The van der Waals surface area contributed by atoms with Crippen molar-refractivity contribution in [1.29, 1.82) is 0 Å². The standard InChI is InChI=1S/C18H23N5O/c1-12(2)23-16-6-4-3-5-15(16)21-18(23)17-19-7-8-22(17)14-9-13(11-24)20-10-14/h3-8,12-14,20,24H,9-11H2,1-2H3/t13-,14-/m0/s1. The van der Waals surface area contributed by atoms with Crippen LogP contribution in [0.2, 0.25) is 0 Å². The lowest BCUT2D eigenvalue weighted by molar-refractivity contribution is 0.253. The van der Waals surface area contributed by atoms with Gasteiger partial charge in [-0.1, -0.05) is 12.1 Å². The van der Waals surface area contributed by atoms with Crippen molar-refractivity contribution in [2.75, 3.05) is 13.2 Å². The van der Waals surface area contributed by atoms with Crippen LogP contribution in [0.5, 0.6) is 0 Å². The summed E-state index contributed by atoms with van der Waals surface area (Å²) in [6.45, 7) is 5.36. The molecule has 3 aromatic rings. The van der Waals surface area contributed by atoms with Crippen molar-refractivity contribution in [3.63, 3.8) is 0 Å². The quantitative estimate of drug-likeness (QED) is 0.773. The molecule has 0 aliphatic carbocycles. The molecule has 1 saturated heterocycles. The molecular formula is C18H23N5O. The van der Waals surface area contributed by atoms with E-state index in [9.17, 15) is 5.11 Å². The normalized spacial score (nSPS) is 21.2. The van der Waals surface area contributed by atoms with E-state index in [2.05, 4.69) is 39.3 Å². The summed E-state index contributed by atoms with van der Waals surface area (Å²) in [6, 6.07) is 8.97. The van der Waals surface area contributed by atoms with Crippen LogP contribution in [0.3, 0.4) is 0 Å². The number of aliphatic hydroxyl groups excluding tert-OH is 1. The average molecular weight is 325 g/mol. The zero-order valence-electron chi connectivity index (χ0n) is 14.1. The zero-order chi connectivity index (χ0) is 16.7. The molecule has 0 bridgehead atoms. The highest BCUT2D eigenvalue weighted by Crippen LogP contribution is 2.30. The molecule has 3 heterocycles. The first-order valence-electron chi connectivity index (χ1n) is 8.53. The highest BCUT2D eigenvalue weighted by molar-refractivity contribution is 5.79. The van der Waals surface area contributed by atoms with Gasteiger partial charge in [0.25, 0.3) is 0 Å². The lowest BCUT2D eigenvalue weighted by atomic mass is 10.2. The van der Waals surface area contributed by atoms with E-state index in [0.29, 0.717) is 12.1 Å². The number of hydrogen-bond donors (Lipinski definition) is 2. The molecule has 0 unspecified atom stereocenters. The molecule has 2 atom stereocenters. The first-order valence-corrected chi connectivity index (χ1v) is 8.53. The number of aromatic nitrogens is 4. The minimum absolute atomic E-state index is 0.161. The molecule has 24 heavy (non-hydrogen) atoms. The Bertz CT molecular complexity index is 850. The van der Waals surface area contributed by atoms with Crippen LogP contribution < -0.4 is 5.32 Å². The van der Waals surface area contributed by atoms with E-state index in [4.69, 9.17) is 4.98 Å². The number of rotatable bonds is 4. The number of hydrogen-bond acceptors (Lipinski definition) is 4. The molecule has 1 fully saturated rings. The van der Waals surface area contributed by atoms with Crippen LogP contribution in [0.15, 0.2) is 36.7 Å². The van der Waals surface area contributed by atoms with E-state index < -0.39 is 0 Å². The minimum Gasteiger partial charge on any atom is -0.395 e. The SMILES string of the molecule is CC(C)n1c(-c2nccn2[C@@H]2CN[C@H](CO)C2)nc2ccccc21. The van der Waals surface area contributed by atoms with Gasteiger partial charge in [-0.25, -0.2) is 9.97 Å². The van der Waals surface area contributed by atoms with Crippen LogP contribution in [-0.4, -0.2) is 43.4 Å². The number of fused-ring (bicyclic) bond motifs is 1. The molecule has 1 aliphatic rings. The van der Waals surface area contributed by atoms with Gasteiger partial charge in [-0.2, -0.15) is 0 Å². The summed E-state index contributed by atoms with van der Waals surface area (Å²) in [4.78, 5) is 9.47. The lowest BCUT2D eigenvalue weighted by Crippen LogP contribution is -2.24. The molecule has 0 radical (unpaired) electrons. The van der Waals surface area contributed by atoms with Crippen molar-refractivity contribution in [2.24, 2.45) is 0 Å². The van der Waals surface area contributed by atoms with Crippen molar-refractivity contribution in [3.05, 3.63) is 36.7 Å².